The molecule has 2 aromatic heterocycles. The van der Waals surface area contributed by atoms with Crippen molar-refractivity contribution in [2.24, 2.45) is 0 Å². The van der Waals surface area contributed by atoms with Crippen LogP contribution in [0, 0.1) is 34.6 Å². The fourth-order valence-corrected chi connectivity index (χ4v) is 3.22. The van der Waals surface area contributed by atoms with Crippen molar-refractivity contribution in [3.05, 3.63) is 75.6 Å². The van der Waals surface area contributed by atoms with E-state index < -0.39 is 0 Å². The van der Waals surface area contributed by atoms with Crippen LogP contribution in [0.1, 0.15) is 43.9 Å². The van der Waals surface area contributed by atoms with E-state index in [1.807, 2.05) is 38.1 Å². The molecule has 0 fully saturated rings. The van der Waals surface area contributed by atoms with E-state index >= 15 is 0 Å². The minimum absolute atomic E-state index is 0.0885. The van der Waals surface area contributed by atoms with E-state index in [1.54, 1.807) is 0 Å². The van der Waals surface area contributed by atoms with Crippen LogP contribution in [0.25, 0.3) is 5.52 Å². The quantitative estimate of drug-likeness (QED) is 0.635. The van der Waals surface area contributed by atoms with Gasteiger partial charge in [0.1, 0.15) is 0 Å². The van der Waals surface area contributed by atoms with Gasteiger partial charge in [-0.05, 0) is 56.9 Å². The summed E-state index contributed by atoms with van der Waals surface area (Å²) in [6.07, 6.45) is 2.56. The predicted molar refractivity (Wildman–Crippen MR) is 101 cm³/mol. The topological polar surface area (TPSA) is 89.8 Å². The fourth-order valence-electron chi connectivity index (χ4n) is 3.22. The van der Waals surface area contributed by atoms with E-state index in [9.17, 15) is 4.79 Å². The number of ketones is 1. The molecule has 0 radical (unpaired) electrons. The van der Waals surface area contributed by atoms with Gasteiger partial charge in [0.2, 0.25) is 5.78 Å². The summed E-state index contributed by atoms with van der Waals surface area (Å²) in [5.41, 5.74) is 8.47. The van der Waals surface area contributed by atoms with Crippen LogP contribution in [0.4, 0.5) is 0 Å². The number of nitrogens with zero attached hydrogens (tertiary/aromatic N) is 1. The van der Waals surface area contributed by atoms with Gasteiger partial charge >= 0.3 is 12.3 Å². The number of benzene rings is 1. The van der Waals surface area contributed by atoms with Crippen LogP contribution < -0.4 is 0 Å². The molecule has 6 nitrogen and oxygen atoms in total. The smallest absolute Gasteiger partial charge is 0.313 e. The van der Waals surface area contributed by atoms with Crippen molar-refractivity contribution in [2.45, 2.75) is 34.6 Å². The highest BCUT2D eigenvalue weighted by molar-refractivity contribution is 6.10. The van der Waals surface area contributed by atoms with Crippen LogP contribution in [0.15, 0.2) is 36.5 Å². The number of aryl methyl sites for hydroxylation is 4. The lowest BCUT2D eigenvalue weighted by atomic mass is 10.0. The summed E-state index contributed by atoms with van der Waals surface area (Å²) in [6.45, 7) is 10.3. The molecule has 0 bridgehead atoms. The zero-order chi connectivity index (χ0) is 21.4. The first-order chi connectivity index (χ1) is 13.2. The Balaban J connectivity index is 0.000000582. The highest BCUT2D eigenvalue weighted by atomic mass is 16.2. The van der Waals surface area contributed by atoms with Crippen LogP contribution in [-0.2, 0) is 19.2 Å². The van der Waals surface area contributed by atoms with Gasteiger partial charge in [-0.1, -0.05) is 35.9 Å². The first kappa shape index (κ1) is 22.5. The Morgan fingerprint density at radius 1 is 0.786 bits per heavy atom. The Labute approximate surface area is 162 Å². The molecule has 144 valence electrons. The van der Waals surface area contributed by atoms with Crippen LogP contribution in [-0.4, -0.2) is 22.5 Å². The summed E-state index contributed by atoms with van der Waals surface area (Å²) >= 11 is 0. The van der Waals surface area contributed by atoms with Crippen molar-refractivity contribution < 1.29 is 24.0 Å². The second-order valence-electron chi connectivity index (χ2n) is 6.38. The number of aromatic nitrogens is 1. The standard InChI is InChI=1S/C20H21NO.2CO2/c1-12-6-8-17(9-7-12)20(22)19-16(5)15(4)18-14(3)10-13(2)11-21(18)19;2*2-1-3/h6-11H,1-5H3;;. The fraction of sp³-hybridized carbons (Fsp3) is 0.227. The lowest BCUT2D eigenvalue weighted by Crippen LogP contribution is -2.07. The Morgan fingerprint density at radius 3 is 1.79 bits per heavy atom. The highest BCUT2D eigenvalue weighted by Gasteiger charge is 2.20. The van der Waals surface area contributed by atoms with Gasteiger partial charge in [-0.2, -0.15) is 19.2 Å². The maximum Gasteiger partial charge on any atom is 0.373 e. The van der Waals surface area contributed by atoms with Crippen molar-refractivity contribution >= 4 is 23.6 Å². The number of hydrogen-bond donors (Lipinski definition) is 0. The van der Waals surface area contributed by atoms with Gasteiger partial charge in [0.25, 0.3) is 0 Å². The molecule has 3 rings (SSSR count). The van der Waals surface area contributed by atoms with Crippen LogP contribution in [0.3, 0.4) is 0 Å². The Morgan fingerprint density at radius 2 is 1.29 bits per heavy atom. The third kappa shape index (κ3) is 4.77. The van der Waals surface area contributed by atoms with Gasteiger partial charge in [-0.25, -0.2) is 0 Å². The van der Waals surface area contributed by atoms with Gasteiger partial charge in [0.15, 0.2) is 0 Å². The molecule has 0 spiro atoms. The number of rotatable bonds is 2. The summed E-state index contributed by atoms with van der Waals surface area (Å²) < 4.78 is 2.07. The number of carbonyl (C=O) groups is 1. The molecule has 0 unspecified atom stereocenters. The summed E-state index contributed by atoms with van der Waals surface area (Å²) in [6, 6.07) is 9.97. The molecular formula is C22H21NO5. The summed E-state index contributed by atoms with van der Waals surface area (Å²) in [7, 11) is 0. The zero-order valence-corrected chi connectivity index (χ0v) is 16.5. The first-order valence-corrected chi connectivity index (χ1v) is 8.41. The third-order valence-electron chi connectivity index (χ3n) is 4.43. The van der Waals surface area contributed by atoms with E-state index in [0.717, 1.165) is 33.5 Å². The minimum atomic E-state index is 0.0885. The van der Waals surface area contributed by atoms with E-state index in [2.05, 4.69) is 37.4 Å². The molecule has 0 aliphatic heterocycles. The van der Waals surface area contributed by atoms with E-state index in [1.165, 1.54) is 11.1 Å². The third-order valence-corrected chi connectivity index (χ3v) is 4.43. The molecule has 0 aliphatic carbocycles. The molecule has 3 aromatic rings. The van der Waals surface area contributed by atoms with Crippen molar-refractivity contribution in [3.8, 4) is 0 Å². The normalized spacial score (nSPS) is 9.32. The number of carbonyl (C=O) groups excluding carboxylic acids is 5. The highest BCUT2D eigenvalue weighted by Crippen LogP contribution is 2.27. The molecular weight excluding hydrogens is 358 g/mol. The van der Waals surface area contributed by atoms with Crippen LogP contribution in [0.2, 0.25) is 0 Å². The summed E-state index contributed by atoms with van der Waals surface area (Å²) in [5.74, 6) is 0.0885. The monoisotopic (exact) mass is 379 g/mol. The zero-order valence-electron chi connectivity index (χ0n) is 16.5. The first-order valence-electron chi connectivity index (χ1n) is 8.41. The molecule has 0 aliphatic rings. The number of pyridine rings is 1. The molecule has 0 saturated carbocycles. The summed E-state index contributed by atoms with van der Waals surface area (Å²) in [4.78, 5) is 45.5. The SMILES string of the molecule is Cc1ccc(C(=O)c2c(C)c(C)c3c(C)cc(C)cn23)cc1.O=C=O.O=C=O. The predicted octanol–water partition coefficient (Wildman–Crippen LogP) is 3.55. The maximum absolute atomic E-state index is 13.0. The van der Waals surface area contributed by atoms with E-state index in [-0.39, 0.29) is 18.1 Å². The number of hydrogen-bond acceptors (Lipinski definition) is 5. The van der Waals surface area contributed by atoms with Crippen molar-refractivity contribution in [1.82, 2.24) is 4.40 Å². The maximum atomic E-state index is 13.0. The van der Waals surface area contributed by atoms with Gasteiger partial charge in [-0.3, -0.25) is 4.79 Å². The molecule has 0 saturated heterocycles. The number of fused-ring (bicyclic) bond motifs is 1. The minimum Gasteiger partial charge on any atom is -0.313 e. The lowest BCUT2D eigenvalue weighted by molar-refractivity contribution is -0.193. The Hall–Kier alpha value is -3.59. The van der Waals surface area contributed by atoms with Gasteiger partial charge in [0.05, 0.1) is 11.2 Å². The molecule has 1 aromatic carbocycles. The molecule has 0 atom stereocenters. The van der Waals surface area contributed by atoms with E-state index in [4.69, 9.17) is 19.2 Å². The molecule has 0 N–H and O–H groups in total. The largest absolute Gasteiger partial charge is 0.373 e. The van der Waals surface area contributed by atoms with Crippen LogP contribution in [0.5, 0.6) is 0 Å². The molecule has 6 heteroatoms. The van der Waals surface area contributed by atoms with Gasteiger partial charge in [-0.15, -0.1) is 0 Å². The van der Waals surface area contributed by atoms with Crippen molar-refractivity contribution in [1.29, 1.82) is 0 Å². The van der Waals surface area contributed by atoms with Crippen LogP contribution >= 0.6 is 0 Å². The average molecular weight is 379 g/mol. The van der Waals surface area contributed by atoms with Gasteiger partial charge in [0, 0.05) is 11.8 Å². The van der Waals surface area contributed by atoms with Crippen molar-refractivity contribution in [3.63, 3.8) is 0 Å². The molecule has 0 amide bonds. The molecule has 28 heavy (non-hydrogen) atoms. The summed E-state index contributed by atoms with van der Waals surface area (Å²) in [5, 5.41) is 0. The molecule has 2 heterocycles. The lowest BCUT2D eigenvalue weighted by Gasteiger charge is -2.07. The second kappa shape index (κ2) is 9.93. The Bertz CT molecular complexity index is 1050. The van der Waals surface area contributed by atoms with E-state index in [0.29, 0.717) is 0 Å². The second-order valence-corrected chi connectivity index (χ2v) is 6.38. The van der Waals surface area contributed by atoms with Gasteiger partial charge < -0.3 is 4.40 Å². The Kier molecular flexibility index (Phi) is 7.96. The van der Waals surface area contributed by atoms with Crippen molar-refractivity contribution in [2.75, 3.05) is 0 Å². The average Bonchev–Trinajstić information content (AvgIpc) is 2.87.